The Morgan fingerprint density at radius 3 is 2.47 bits per heavy atom. The first-order valence-corrected chi connectivity index (χ1v) is 6.02. The third-order valence-electron chi connectivity index (χ3n) is 2.75. The van der Waals surface area contributed by atoms with Crippen molar-refractivity contribution < 1.29 is 4.74 Å². The summed E-state index contributed by atoms with van der Waals surface area (Å²) in [6.07, 6.45) is 1.35. The molecule has 0 saturated heterocycles. The van der Waals surface area contributed by atoms with Crippen LogP contribution >= 0.6 is 0 Å². The second kappa shape index (κ2) is 6.93. The van der Waals surface area contributed by atoms with Gasteiger partial charge in [0.05, 0.1) is 0 Å². The van der Waals surface area contributed by atoms with Crippen molar-refractivity contribution in [2.24, 2.45) is 0 Å². The van der Waals surface area contributed by atoms with E-state index in [-0.39, 0.29) is 6.10 Å². The van der Waals surface area contributed by atoms with Crippen LogP contribution in [-0.4, -0.2) is 19.2 Å². The van der Waals surface area contributed by atoms with Gasteiger partial charge in [-0.25, -0.2) is 0 Å². The first-order chi connectivity index (χ1) is 8.19. The first kappa shape index (κ1) is 13.5. The molecule has 1 aromatic carbocycles. The molecule has 0 aliphatic rings. The number of likely N-dealkylation sites (N-methyl/N-ethyl adjacent to an activating group) is 1. The van der Waals surface area contributed by atoms with Gasteiger partial charge in [-0.3, -0.25) is 0 Å². The van der Waals surface area contributed by atoms with Gasteiger partial charge in [0, 0.05) is 6.04 Å². The van der Waals surface area contributed by atoms with Crippen LogP contribution < -0.4 is 10.1 Å². The van der Waals surface area contributed by atoms with E-state index in [0.717, 1.165) is 12.2 Å². The van der Waals surface area contributed by atoms with Gasteiger partial charge < -0.3 is 10.1 Å². The molecule has 0 heterocycles. The molecule has 0 aliphatic carbocycles. The highest BCUT2D eigenvalue weighted by Gasteiger charge is 2.06. The summed E-state index contributed by atoms with van der Waals surface area (Å²) in [7, 11) is 1.96. The van der Waals surface area contributed by atoms with Crippen molar-refractivity contribution in [2.75, 3.05) is 7.05 Å². The predicted octanol–water partition coefficient (Wildman–Crippen LogP) is 2.52. The summed E-state index contributed by atoms with van der Waals surface area (Å²) in [5.74, 6) is 0.763. The second-order valence-corrected chi connectivity index (χ2v) is 4.18. The van der Waals surface area contributed by atoms with E-state index in [9.17, 15) is 0 Å². The zero-order chi connectivity index (χ0) is 12.7. The highest BCUT2D eigenvalue weighted by atomic mass is 16.5. The second-order valence-electron chi connectivity index (χ2n) is 4.18. The molecule has 0 saturated carbocycles. The number of hydrogen-bond donors (Lipinski definition) is 1. The summed E-state index contributed by atoms with van der Waals surface area (Å²) in [6.45, 7) is 4.09. The van der Waals surface area contributed by atoms with E-state index in [0.29, 0.717) is 12.5 Å². The molecule has 0 bridgehead atoms. The summed E-state index contributed by atoms with van der Waals surface area (Å²) in [4.78, 5) is 0. The monoisotopic (exact) mass is 232 g/mol. The lowest BCUT2D eigenvalue weighted by molar-refractivity contribution is 0.252. The fourth-order valence-electron chi connectivity index (χ4n) is 1.52. The maximum Gasteiger partial charge on any atom is 0.184 e. The SMILES string of the molecule is CCC(C#N)Oc1ccc(CC(C)NC)cc1. The van der Waals surface area contributed by atoms with E-state index in [4.69, 9.17) is 10.00 Å². The maximum absolute atomic E-state index is 8.81. The van der Waals surface area contributed by atoms with Crippen LogP contribution in [0.25, 0.3) is 0 Å². The van der Waals surface area contributed by atoms with Crippen LogP contribution in [0.5, 0.6) is 5.75 Å². The van der Waals surface area contributed by atoms with Crippen LogP contribution in [0.3, 0.4) is 0 Å². The van der Waals surface area contributed by atoms with Crippen molar-refractivity contribution in [3.8, 4) is 11.8 Å². The van der Waals surface area contributed by atoms with Crippen molar-refractivity contribution in [2.45, 2.75) is 38.8 Å². The number of ether oxygens (including phenoxy) is 1. The molecule has 0 fully saturated rings. The molecule has 2 unspecified atom stereocenters. The lowest BCUT2D eigenvalue weighted by atomic mass is 10.1. The Kier molecular flexibility index (Phi) is 5.51. The van der Waals surface area contributed by atoms with E-state index in [1.165, 1.54) is 5.56 Å². The number of nitrogens with zero attached hydrogens (tertiary/aromatic N) is 1. The van der Waals surface area contributed by atoms with Gasteiger partial charge in [0.2, 0.25) is 0 Å². The lowest BCUT2D eigenvalue weighted by Gasteiger charge is -2.12. The summed E-state index contributed by atoms with van der Waals surface area (Å²) in [5.41, 5.74) is 1.27. The maximum atomic E-state index is 8.81. The van der Waals surface area contributed by atoms with Crippen molar-refractivity contribution >= 4 is 0 Å². The third-order valence-corrected chi connectivity index (χ3v) is 2.75. The average molecular weight is 232 g/mol. The highest BCUT2D eigenvalue weighted by molar-refractivity contribution is 5.28. The average Bonchev–Trinajstić information content (AvgIpc) is 2.37. The normalized spacial score (nSPS) is 13.8. The first-order valence-electron chi connectivity index (χ1n) is 6.02. The van der Waals surface area contributed by atoms with Crippen LogP contribution in [-0.2, 0) is 6.42 Å². The van der Waals surface area contributed by atoms with Gasteiger partial charge in [-0.2, -0.15) is 5.26 Å². The molecular formula is C14H20N2O. The zero-order valence-corrected chi connectivity index (χ0v) is 10.7. The quantitative estimate of drug-likeness (QED) is 0.819. The fourth-order valence-corrected chi connectivity index (χ4v) is 1.52. The third kappa shape index (κ3) is 4.46. The van der Waals surface area contributed by atoms with Crippen molar-refractivity contribution in [1.82, 2.24) is 5.32 Å². The summed E-state index contributed by atoms with van der Waals surface area (Å²) < 4.78 is 5.52. The van der Waals surface area contributed by atoms with Gasteiger partial charge in [-0.15, -0.1) is 0 Å². The van der Waals surface area contributed by atoms with Gasteiger partial charge in [0.15, 0.2) is 6.10 Å². The van der Waals surface area contributed by atoms with Crippen LogP contribution in [0.1, 0.15) is 25.8 Å². The number of nitrogens with one attached hydrogen (secondary N) is 1. The predicted molar refractivity (Wildman–Crippen MR) is 69.0 cm³/mol. The van der Waals surface area contributed by atoms with Crippen molar-refractivity contribution in [3.05, 3.63) is 29.8 Å². The standard InChI is InChI=1S/C14H20N2O/c1-4-13(10-15)17-14-7-5-12(6-8-14)9-11(2)16-3/h5-8,11,13,16H,4,9H2,1-3H3. The fraction of sp³-hybridized carbons (Fsp3) is 0.500. The Morgan fingerprint density at radius 1 is 1.35 bits per heavy atom. The minimum atomic E-state index is -0.350. The molecule has 0 radical (unpaired) electrons. The van der Waals surface area contributed by atoms with E-state index in [2.05, 4.69) is 18.3 Å². The van der Waals surface area contributed by atoms with Crippen LogP contribution in [0.15, 0.2) is 24.3 Å². The molecule has 0 aliphatic heterocycles. The van der Waals surface area contributed by atoms with Gasteiger partial charge in [-0.1, -0.05) is 19.1 Å². The number of hydrogen-bond acceptors (Lipinski definition) is 3. The molecule has 0 amide bonds. The smallest absolute Gasteiger partial charge is 0.184 e. The van der Waals surface area contributed by atoms with Gasteiger partial charge >= 0.3 is 0 Å². The Morgan fingerprint density at radius 2 is 2.00 bits per heavy atom. The van der Waals surface area contributed by atoms with Gasteiger partial charge in [0.25, 0.3) is 0 Å². The van der Waals surface area contributed by atoms with E-state index in [1.54, 1.807) is 0 Å². The number of rotatable bonds is 6. The minimum Gasteiger partial charge on any atom is -0.476 e. The minimum absolute atomic E-state index is 0.350. The molecule has 1 N–H and O–H groups in total. The molecule has 17 heavy (non-hydrogen) atoms. The molecule has 3 nitrogen and oxygen atoms in total. The van der Waals surface area contributed by atoms with Crippen LogP contribution in [0.4, 0.5) is 0 Å². The Labute approximate surface area is 103 Å². The molecule has 3 heteroatoms. The van der Waals surface area contributed by atoms with Gasteiger partial charge in [-0.05, 0) is 44.5 Å². The number of benzene rings is 1. The van der Waals surface area contributed by atoms with E-state index >= 15 is 0 Å². The highest BCUT2D eigenvalue weighted by Crippen LogP contribution is 2.15. The Hall–Kier alpha value is -1.53. The molecule has 1 rings (SSSR count). The van der Waals surface area contributed by atoms with Crippen molar-refractivity contribution in [1.29, 1.82) is 5.26 Å². The Bertz CT molecular complexity index is 367. The van der Waals surface area contributed by atoms with E-state index in [1.807, 2.05) is 38.2 Å². The van der Waals surface area contributed by atoms with Crippen LogP contribution in [0, 0.1) is 11.3 Å². The van der Waals surface area contributed by atoms with Crippen LogP contribution in [0.2, 0.25) is 0 Å². The number of nitriles is 1. The Balaban J connectivity index is 2.59. The molecule has 1 aromatic rings. The van der Waals surface area contributed by atoms with E-state index < -0.39 is 0 Å². The van der Waals surface area contributed by atoms with Gasteiger partial charge in [0.1, 0.15) is 11.8 Å². The van der Waals surface area contributed by atoms with Crippen molar-refractivity contribution in [3.63, 3.8) is 0 Å². The molecular weight excluding hydrogens is 212 g/mol. The largest absolute Gasteiger partial charge is 0.476 e. The lowest BCUT2D eigenvalue weighted by Crippen LogP contribution is -2.23. The summed E-state index contributed by atoms with van der Waals surface area (Å²) in [5, 5.41) is 12.0. The molecule has 0 aromatic heterocycles. The topological polar surface area (TPSA) is 45.0 Å². The zero-order valence-electron chi connectivity index (χ0n) is 10.7. The molecule has 2 atom stereocenters. The molecule has 0 spiro atoms. The summed E-state index contributed by atoms with van der Waals surface area (Å²) in [6, 6.07) is 10.5. The summed E-state index contributed by atoms with van der Waals surface area (Å²) >= 11 is 0. The molecule has 92 valence electrons.